The summed E-state index contributed by atoms with van der Waals surface area (Å²) in [6.45, 7) is 0. The molecular weight excluding hydrogens is 210 g/mol. The Morgan fingerprint density at radius 2 is 2.31 bits per heavy atom. The standard InChI is InChI=1S/C8H8ClNO2S/c1-12-8(11)7-5(9)3-2-4-6(7)13-10/h2-4H,10H2,1H3. The van der Waals surface area contributed by atoms with Crippen LogP contribution in [-0.2, 0) is 4.74 Å². The molecule has 0 fully saturated rings. The van der Waals surface area contributed by atoms with Crippen molar-refractivity contribution in [3.63, 3.8) is 0 Å². The van der Waals surface area contributed by atoms with Gasteiger partial charge in [-0.15, -0.1) is 0 Å². The van der Waals surface area contributed by atoms with Crippen LogP contribution in [0.1, 0.15) is 10.4 Å². The first-order chi connectivity index (χ1) is 6.20. The van der Waals surface area contributed by atoms with Gasteiger partial charge >= 0.3 is 5.97 Å². The summed E-state index contributed by atoms with van der Waals surface area (Å²) in [7, 11) is 1.30. The van der Waals surface area contributed by atoms with Crippen LogP contribution in [0.25, 0.3) is 0 Å². The molecule has 0 aliphatic heterocycles. The molecule has 0 saturated heterocycles. The summed E-state index contributed by atoms with van der Waals surface area (Å²) in [5.74, 6) is -0.474. The first-order valence-electron chi connectivity index (χ1n) is 3.44. The fourth-order valence-corrected chi connectivity index (χ4v) is 1.68. The second-order valence-electron chi connectivity index (χ2n) is 2.22. The van der Waals surface area contributed by atoms with E-state index in [1.54, 1.807) is 18.2 Å². The number of esters is 1. The van der Waals surface area contributed by atoms with Gasteiger partial charge in [0.15, 0.2) is 0 Å². The Balaban J connectivity index is 3.22. The number of benzene rings is 1. The summed E-state index contributed by atoms with van der Waals surface area (Å²) < 4.78 is 4.57. The number of hydrogen-bond donors (Lipinski definition) is 1. The number of ether oxygens (including phenoxy) is 1. The Hall–Kier alpha value is -0.710. The zero-order chi connectivity index (χ0) is 9.84. The molecule has 3 nitrogen and oxygen atoms in total. The molecule has 0 spiro atoms. The lowest BCUT2D eigenvalue weighted by Crippen LogP contribution is -2.04. The van der Waals surface area contributed by atoms with Gasteiger partial charge in [-0.2, -0.15) is 0 Å². The maximum absolute atomic E-state index is 11.2. The maximum atomic E-state index is 11.2. The molecule has 1 aromatic rings. The average molecular weight is 218 g/mol. The van der Waals surface area contributed by atoms with E-state index in [4.69, 9.17) is 16.7 Å². The predicted molar refractivity (Wildman–Crippen MR) is 52.8 cm³/mol. The third-order valence-electron chi connectivity index (χ3n) is 1.49. The predicted octanol–water partition coefficient (Wildman–Crippen LogP) is 2.09. The van der Waals surface area contributed by atoms with Crippen LogP contribution in [0.2, 0.25) is 5.02 Å². The van der Waals surface area contributed by atoms with Gasteiger partial charge in [0.1, 0.15) is 0 Å². The monoisotopic (exact) mass is 217 g/mol. The Labute approximate surface area is 85.3 Å². The van der Waals surface area contributed by atoms with E-state index in [2.05, 4.69) is 4.74 Å². The minimum atomic E-state index is -0.474. The van der Waals surface area contributed by atoms with Crippen molar-refractivity contribution in [3.05, 3.63) is 28.8 Å². The van der Waals surface area contributed by atoms with Crippen LogP contribution in [0, 0.1) is 0 Å². The summed E-state index contributed by atoms with van der Waals surface area (Å²) in [6.07, 6.45) is 0. The normalized spacial score (nSPS) is 9.77. The molecule has 0 unspecified atom stereocenters. The molecule has 70 valence electrons. The molecule has 5 heteroatoms. The second kappa shape index (κ2) is 4.50. The molecule has 0 heterocycles. The van der Waals surface area contributed by atoms with Crippen molar-refractivity contribution in [2.75, 3.05) is 7.11 Å². The zero-order valence-electron chi connectivity index (χ0n) is 6.91. The van der Waals surface area contributed by atoms with Gasteiger partial charge in [0.25, 0.3) is 0 Å². The molecule has 0 aliphatic carbocycles. The third-order valence-corrected chi connectivity index (χ3v) is 2.40. The van der Waals surface area contributed by atoms with E-state index in [0.29, 0.717) is 15.5 Å². The van der Waals surface area contributed by atoms with Crippen LogP contribution >= 0.6 is 23.5 Å². The lowest BCUT2D eigenvalue weighted by Gasteiger charge is -2.05. The van der Waals surface area contributed by atoms with Crippen molar-refractivity contribution in [2.45, 2.75) is 4.90 Å². The van der Waals surface area contributed by atoms with E-state index in [-0.39, 0.29) is 0 Å². The van der Waals surface area contributed by atoms with Crippen molar-refractivity contribution < 1.29 is 9.53 Å². The molecule has 1 aromatic carbocycles. The Kier molecular flexibility index (Phi) is 3.59. The van der Waals surface area contributed by atoms with Crippen molar-refractivity contribution in [3.8, 4) is 0 Å². The van der Waals surface area contributed by atoms with Gasteiger partial charge in [-0.25, -0.2) is 4.79 Å². The number of carbonyl (C=O) groups is 1. The fourth-order valence-electron chi connectivity index (χ4n) is 0.903. The summed E-state index contributed by atoms with van der Waals surface area (Å²) in [4.78, 5) is 11.8. The topological polar surface area (TPSA) is 52.3 Å². The lowest BCUT2D eigenvalue weighted by atomic mass is 10.2. The summed E-state index contributed by atoms with van der Waals surface area (Å²) in [5.41, 5.74) is 0.319. The van der Waals surface area contributed by atoms with Crippen molar-refractivity contribution in [1.29, 1.82) is 0 Å². The van der Waals surface area contributed by atoms with Gasteiger partial charge < -0.3 is 4.74 Å². The molecule has 0 amide bonds. The molecule has 2 N–H and O–H groups in total. The van der Waals surface area contributed by atoms with Crippen LogP contribution in [0.4, 0.5) is 0 Å². The summed E-state index contributed by atoms with van der Waals surface area (Å²) in [6, 6.07) is 5.06. The minimum absolute atomic E-state index is 0.319. The Morgan fingerprint density at radius 3 is 2.85 bits per heavy atom. The van der Waals surface area contributed by atoms with Gasteiger partial charge in [-0.1, -0.05) is 17.7 Å². The SMILES string of the molecule is COC(=O)c1c(Cl)cccc1SN. The average Bonchev–Trinajstić information content (AvgIpc) is 2.16. The summed E-state index contributed by atoms with van der Waals surface area (Å²) in [5, 5.41) is 5.71. The van der Waals surface area contributed by atoms with Gasteiger partial charge in [-0.3, -0.25) is 5.14 Å². The van der Waals surface area contributed by atoms with Crippen molar-refractivity contribution in [2.24, 2.45) is 5.14 Å². The first kappa shape index (κ1) is 10.4. The maximum Gasteiger partial charge on any atom is 0.340 e. The minimum Gasteiger partial charge on any atom is -0.465 e. The fraction of sp³-hybridized carbons (Fsp3) is 0.125. The molecule has 0 atom stereocenters. The van der Waals surface area contributed by atoms with E-state index >= 15 is 0 Å². The lowest BCUT2D eigenvalue weighted by molar-refractivity contribution is 0.0597. The number of carbonyl (C=O) groups excluding carboxylic acids is 1. The number of methoxy groups -OCH3 is 1. The Morgan fingerprint density at radius 1 is 1.62 bits per heavy atom. The first-order valence-corrected chi connectivity index (χ1v) is 4.70. The quantitative estimate of drug-likeness (QED) is 0.609. The van der Waals surface area contributed by atoms with Crippen LogP contribution in [0.5, 0.6) is 0 Å². The molecule has 0 saturated carbocycles. The van der Waals surface area contributed by atoms with E-state index in [1.165, 1.54) is 7.11 Å². The van der Waals surface area contributed by atoms with Crippen LogP contribution < -0.4 is 5.14 Å². The summed E-state index contributed by atoms with van der Waals surface area (Å²) >= 11 is 6.78. The molecule has 1 rings (SSSR count). The van der Waals surface area contributed by atoms with Crippen LogP contribution in [-0.4, -0.2) is 13.1 Å². The smallest absolute Gasteiger partial charge is 0.340 e. The van der Waals surface area contributed by atoms with E-state index < -0.39 is 5.97 Å². The highest BCUT2D eigenvalue weighted by atomic mass is 35.5. The molecule has 0 radical (unpaired) electrons. The van der Waals surface area contributed by atoms with E-state index in [0.717, 1.165) is 11.9 Å². The largest absolute Gasteiger partial charge is 0.465 e. The van der Waals surface area contributed by atoms with Gasteiger partial charge in [0.05, 0.1) is 17.7 Å². The second-order valence-corrected chi connectivity index (χ2v) is 3.31. The van der Waals surface area contributed by atoms with Gasteiger partial charge in [0.2, 0.25) is 0 Å². The van der Waals surface area contributed by atoms with Gasteiger partial charge in [0, 0.05) is 4.90 Å². The molecule has 0 aliphatic rings. The highest BCUT2D eigenvalue weighted by Crippen LogP contribution is 2.25. The molecule has 0 aromatic heterocycles. The van der Waals surface area contributed by atoms with Crippen LogP contribution in [0.15, 0.2) is 23.1 Å². The molecule has 0 bridgehead atoms. The molecule has 13 heavy (non-hydrogen) atoms. The van der Waals surface area contributed by atoms with E-state index in [1.807, 2.05) is 0 Å². The number of halogens is 1. The van der Waals surface area contributed by atoms with Crippen molar-refractivity contribution >= 4 is 29.5 Å². The number of nitrogens with two attached hydrogens (primary N) is 1. The van der Waals surface area contributed by atoms with E-state index in [9.17, 15) is 4.79 Å². The number of rotatable bonds is 2. The van der Waals surface area contributed by atoms with Crippen LogP contribution in [0.3, 0.4) is 0 Å². The Bertz CT molecular complexity index is 330. The highest BCUT2D eigenvalue weighted by molar-refractivity contribution is 7.97. The van der Waals surface area contributed by atoms with Crippen molar-refractivity contribution in [1.82, 2.24) is 0 Å². The molecular formula is C8H8ClNO2S. The highest BCUT2D eigenvalue weighted by Gasteiger charge is 2.15. The zero-order valence-corrected chi connectivity index (χ0v) is 8.48. The van der Waals surface area contributed by atoms with Gasteiger partial charge in [-0.05, 0) is 24.1 Å². The number of hydrogen-bond acceptors (Lipinski definition) is 4. The third kappa shape index (κ3) is 2.15.